The largest absolute Gasteiger partial charge is 0.426 e. The minimum absolute atomic E-state index is 0.139. The van der Waals surface area contributed by atoms with Crippen LogP contribution in [-0.4, -0.2) is 25.7 Å². The van der Waals surface area contributed by atoms with Crippen LogP contribution in [-0.2, 0) is 11.8 Å². The summed E-state index contributed by atoms with van der Waals surface area (Å²) in [6, 6.07) is 8.43. The average Bonchev–Trinajstić information content (AvgIpc) is 3.29. The zero-order chi connectivity index (χ0) is 18.3. The van der Waals surface area contributed by atoms with Crippen molar-refractivity contribution in [2.24, 2.45) is 13.0 Å². The summed E-state index contributed by atoms with van der Waals surface area (Å²) in [5, 5.41) is 4.14. The van der Waals surface area contributed by atoms with Crippen LogP contribution in [0, 0.1) is 12.8 Å². The second kappa shape index (κ2) is 6.25. The van der Waals surface area contributed by atoms with Crippen molar-refractivity contribution in [3.05, 3.63) is 64.3 Å². The number of aryl methyl sites for hydroxylation is 2. The van der Waals surface area contributed by atoms with E-state index >= 15 is 0 Å². The minimum atomic E-state index is -0.248. The van der Waals surface area contributed by atoms with E-state index in [9.17, 15) is 9.59 Å². The highest BCUT2D eigenvalue weighted by Gasteiger charge is 2.46. The third kappa shape index (κ3) is 3.28. The van der Waals surface area contributed by atoms with Crippen molar-refractivity contribution >= 4 is 5.97 Å². The Morgan fingerprint density at radius 2 is 2.19 bits per heavy atom. The molecular weight excluding hydrogens is 332 g/mol. The third-order valence-corrected chi connectivity index (χ3v) is 4.44. The standard InChI is InChI=1S/C19H18N4O3/c1-11-6-17(24)22-18(21-11)12-4-3-5-14(7-12)26-19(25)16-8-15(16)13-9-20-23(2)10-13/h3-7,9-10,15-16H,8H2,1-2H3,(H,21,22,24)/t15-,16-/m0/s1. The van der Waals surface area contributed by atoms with E-state index < -0.39 is 0 Å². The number of benzene rings is 1. The van der Waals surface area contributed by atoms with Crippen LogP contribution >= 0.6 is 0 Å². The van der Waals surface area contributed by atoms with Gasteiger partial charge in [-0.05, 0) is 31.0 Å². The lowest BCUT2D eigenvalue weighted by Crippen LogP contribution is -2.11. The molecule has 0 amide bonds. The number of hydrogen-bond donors (Lipinski definition) is 1. The molecule has 0 aliphatic heterocycles. The Balaban J connectivity index is 1.49. The highest BCUT2D eigenvalue weighted by Crippen LogP contribution is 2.48. The van der Waals surface area contributed by atoms with Crippen LogP contribution in [0.15, 0.2) is 47.5 Å². The van der Waals surface area contributed by atoms with Gasteiger partial charge in [-0.2, -0.15) is 5.10 Å². The molecule has 2 heterocycles. The molecule has 7 heteroatoms. The summed E-state index contributed by atoms with van der Waals surface area (Å²) in [6.07, 6.45) is 4.49. The van der Waals surface area contributed by atoms with Gasteiger partial charge in [-0.3, -0.25) is 14.3 Å². The molecule has 1 aliphatic rings. The number of aromatic amines is 1. The molecular formula is C19H18N4O3. The number of ether oxygens (including phenoxy) is 1. The zero-order valence-corrected chi connectivity index (χ0v) is 14.5. The van der Waals surface area contributed by atoms with E-state index in [4.69, 9.17) is 4.74 Å². The van der Waals surface area contributed by atoms with Gasteiger partial charge in [0.1, 0.15) is 11.6 Å². The fourth-order valence-electron chi connectivity index (χ4n) is 3.07. The summed E-state index contributed by atoms with van der Waals surface area (Å²) >= 11 is 0. The normalized spacial score (nSPS) is 18.5. The molecule has 1 saturated carbocycles. The Kier molecular flexibility index (Phi) is 3.91. The van der Waals surface area contributed by atoms with Gasteiger partial charge in [-0.1, -0.05) is 12.1 Å². The first kappa shape index (κ1) is 16.3. The average molecular weight is 350 g/mol. The van der Waals surface area contributed by atoms with Crippen molar-refractivity contribution in [2.45, 2.75) is 19.3 Å². The number of esters is 1. The van der Waals surface area contributed by atoms with Crippen molar-refractivity contribution in [3.63, 3.8) is 0 Å². The fraction of sp³-hybridized carbons (Fsp3) is 0.263. The van der Waals surface area contributed by atoms with E-state index in [0.717, 1.165) is 12.0 Å². The first-order chi connectivity index (χ1) is 12.5. The van der Waals surface area contributed by atoms with Crippen molar-refractivity contribution in [2.75, 3.05) is 0 Å². The number of carbonyl (C=O) groups is 1. The highest BCUT2D eigenvalue weighted by molar-refractivity contribution is 5.80. The number of hydrogen-bond acceptors (Lipinski definition) is 5. The van der Waals surface area contributed by atoms with Gasteiger partial charge in [0.05, 0.1) is 12.1 Å². The van der Waals surface area contributed by atoms with Crippen LogP contribution < -0.4 is 10.3 Å². The Bertz CT molecular complexity index is 1040. The van der Waals surface area contributed by atoms with Gasteiger partial charge >= 0.3 is 5.97 Å². The van der Waals surface area contributed by atoms with Crippen molar-refractivity contribution < 1.29 is 9.53 Å². The van der Waals surface area contributed by atoms with Crippen molar-refractivity contribution in [1.82, 2.24) is 19.7 Å². The molecule has 0 saturated heterocycles. The second-order valence-corrected chi connectivity index (χ2v) is 6.58. The molecule has 1 aliphatic carbocycles. The zero-order valence-electron chi connectivity index (χ0n) is 14.5. The monoisotopic (exact) mass is 350 g/mol. The van der Waals surface area contributed by atoms with Crippen LogP contribution in [0.25, 0.3) is 11.4 Å². The lowest BCUT2D eigenvalue weighted by molar-refractivity contribution is -0.135. The Morgan fingerprint density at radius 1 is 1.35 bits per heavy atom. The molecule has 1 N–H and O–H groups in total. The van der Waals surface area contributed by atoms with Crippen LogP contribution in [0.3, 0.4) is 0 Å². The quantitative estimate of drug-likeness (QED) is 0.575. The molecule has 132 valence electrons. The molecule has 7 nitrogen and oxygen atoms in total. The first-order valence-electron chi connectivity index (χ1n) is 8.38. The molecule has 4 rings (SSSR count). The van der Waals surface area contributed by atoms with E-state index in [2.05, 4.69) is 15.1 Å². The van der Waals surface area contributed by atoms with Gasteiger partial charge in [-0.15, -0.1) is 0 Å². The highest BCUT2D eigenvalue weighted by atomic mass is 16.5. The predicted molar refractivity (Wildman–Crippen MR) is 94.7 cm³/mol. The Morgan fingerprint density at radius 3 is 2.92 bits per heavy atom. The number of nitrogens with zero attached hydrogens (tertiary/aromatic N) is 3. The molecule has 2 aromatic heterocycles. The maximum absolute atomic E-state index is 12.4. The van der Waals surface area contributed by atoms with E-state index in [1.165, 1.54) is 6.07 Å². The molecule has 2 atom stereocenters. The second-order valence-electron chi connectivity index (χ2n) is 6.58. The maximum atomic E-state index is 12.4. The fourth-order valence-corrected chi connectivity index (χ4v) is 3.07. The number of H-pyrrole nitrogens is 1. The smallest absolute Gasteiger partial charge is 0.314 e. The Hall–Kier alpha value is -3.22. The third-order valence-electron chi connectivity index (χ3n) is 4.44. The van der Waals surface area contributed by atoms with Gasteiger partial charge in [0.2, 0.25) is 0 Å². The van der Waals surface area contributed by atoms with Gasteiger partial charge in [0, 0.05) is 36.5 Å². The molecule has 0 bridgehead atoms. The summed E-state index contributed by atoms with van der Waals surface area (Å²) in [5.41, 5.74) is 2.16. The van der Waals surface area contributed by atoms with Crippen LogP contribution in [0.5, 0.6) is 5.75 Å². The summed E-state index contributed by atoms with van der Waals surface area (Å²) in [6.45, 7) is 1.76. The number of rotatable bonds is 4. The number of carbonyl (C=O) groups excluding carboxylic acids is 1. The molecule has 0 radical (unpaired) electrons. The van der Waals surface area contributed by atoms with E-state index in [-0.39, 0.29) is 23.4 Å². The van der Waals surface area contributed by atoms with Gasteiger partial charge < -0.3 is 9.72 Å². The van der Waals surface area contributed by atoms with Crippen molar-refractivity contribution in [3.8, 4) is 17.1 Å². The lowest BCUT2D eigenvalue weighted by atomic mass is 10.2. The maximum Gasteiger partial charge on any atom is 0.314 e. The van der Waals surface area contributed by atoms with Crippen LogP contribution in [0.2, 0.25) is 0 Å². The molecule has 1 aromatic carbocycles. The number of nitrogens with one attached hydrogen (secondary N) is 1. The van der Waals surface area contributed by atoms with E-state index in [0.29, 0.717) is 22.8 Å². The molecule has 0 unspecified atom stereocenters. The first-order valence-corrected chi connectivity index (χ1v) is 8.38. The van der Waals surface area contributed by atoms with E-state index in [1.807, 2.05) is 19.3 Å². The SMILES string of the molecule is Cc1cc(=O)[nH]c(-c2cccc(OC(=O)[C@H]3C[C@H]3c3cnn(C)c3)c2)n1. The molecule has 1 fully saturated rings. The van der Waals surface area contributed by atoms with Gasteiger partial charge in [-0.25, -0.2) is 4.98 Å². The number of aromatic nitrogens is 4. The van der Waals surface area contributed by atoms with Gasteiger partial charge in [0.25, 0.3) is 5.56 Å². The Labute approximate surface area is 149 Å². The van der Waals surface area contributed by atoms with E-state index in [1.54, 1.807) is 36.0 Å². The summed E-state index contributed by atoms with van der Waals surface area (Å²) < 4.78 is 7.26. The van der Waals surface area contributed by atoms with Crippen LogP contribution in [0.1, 0.15) is 23.6 Å². The molecule has 3 aromatic rings. The predicted octanol–water partition coefficient (Wildman–Crippen LogP) is 2.19. The summed E-state index contributed by atoms with van der Waals surface area (Å²) in [4.78, 5) is 31.0. The minimum Gasteiger partial charge on any atom is -0.426 e. The topological polar surface area (TPSA) is 89.9 Å². The summed E-state index contributed by atoms with van der Waals surface area (Å²) in [7, 11) is 1.86. The van der Waals surface area contributed by atoms with Gasteiger partial charge in [0.15, 0.2) is 0 Å². The molecule has 26 heavy (non-hydrogen) atoms. The van der Waals surface area contributed by atoms with Crippen LogP contribution in [0.4, 0.5) is 0 Å². The molecule has 0 spiro atoms. The summed E-state index contributed by atoms with van der Waals surface area (Å²) in [5.74, 6) is 0.677. The van der Waals surface area contributed by atoms with Crippen molar-refractivity contribution in [1.29, 1.82) is 0 Å². The lowest BCUT2D eigenvalue weighted by Gasteiger charge is -2.06.